The minimum absolute atomic E-state index is 0.0796. The van der Waals surface area contributed by atoms with Gasteiger partial charge in [0.15, 0.2) is 0 Å². The van der Waals surface area contributed by atoms with Crippen LogP contribution in [0.15, 0.2) is 22.7 Å². The van der Waals surface area contributed by atoms with Crippen molar-refractivity contribution in [3.05, 3.63) is 28.2 Å². The molecule has 2 aliphatic rings. The van der Waals surface area contributed by atoms with Gasteiger partial charge in [-0.25, -0.2) is 0 Å². The number of hydrogen-bond acceptors (Lipinski definition) is 3. The van der Waals surface area contributed by atoms with Gasteiger partial charge in [0.1, 0.15) is 0 Å². The van der Waals surface area contributed by atoms with Crippen LogP contribution in [0.1, 0.15) is 18.4 Å². The van der Waals surface area contributed by atoms with Crippen molar-refractivity contribution < 1.29 is 18.0 Å². The Morgan fingerprint density at radius 3 is 2.30 bits per heavy atom. The Hall–Kier alpha value is -1.28. The second kappa shape index (κ2) is 5.66. The van der Waals surface area contributed by atoms with E-state index in [1.165, 1.54) is 6.07 Å². The van der Waals surface area contributed by atoms with E-state index in [2.05, 4.69) is 15.9 Å². The monoisotopic (exact) mass is 391 g/mol. The summed E-state index contributed by atoms with van der Waals surface area (Å²) in [5.41, 5.74) is 4.67. The molecule has 1 aliphatic heterocycles. The van der Waals surface area contributed by atoms with Gasteiger partial charge in [-0.2, -0.15) is 13.2 Å². The first-order chi connectivity index (χ1) is 10.7. The molecule has 23 heavy (non-hydrogen) atoms. The molecule has 0 radical (unpaired) electrons. The molecule has 0 bridgehead atoms. The van der Waals surface area contributed by atoms with Gasteiger partial charge in [0.25, 0.3) is 0 Å². The van der Waals surface area contributed by atoms with Crippen molar-refractivity contribution in [3.63, 3.8) is 0 Å². The fraction of sp³-hybridized carbons (Fsp3) is 0.533. The Morgan fingerprint density at radius 2 is 1.78 bits per heavy atom. The molecule has 2 fully saturated rings. The number of hydrogen-bond donors (Lipinski definition) is 1. The number of nitrogens with two attached hydrogens (primary N) is 1. The number of alkyl halides is 3. The lowest BCUT2D eigenvalue weighted by molar-refractivity contribution is -0.137. The Labute approximate surface area is 140 Å². The van der Waals surface area contributed by atoms with Crippen LogP contribution >= 0.6 is 15.9 Å². The summed E-state index contributed by atoms with van der Waals surface area (Å²) in [6.07, 6.45) is -3.03. The first-order valence-electron chi connectivity index (χ1n) is 7.41. The molecular weight excluding hydrogens is 375 g/mol. The van der Waals surface area contributed by atoms with Crippen molar-refractivity contribution in [2.75, 3.05) is 31.1 Å². The molecule has 1 aromatic rings. The number of anilines is 1. The number of rotatable bonds is 2. The van der Waals surface area contributed by atoms with Gasteiger partial charge in [0.2, 0.25) is 5.91 Å². The molecule has 1 saturated heterocycles. The van der Waals surface area contributed by atoms with E-state index in [-0.39, 0.29) is 11.6 Å². The fourth-order valence-corrected chi connectivity index (χ4v) is 3.19. The summed E-state index contributed by atoms with van der Waals surface area (Å²) in [7, 11) is 0. The Balaban J connectivity index is 1.74. The molecule has 8 heteroatoms. The van der Waals surface area contributed by atoms with Crippen molar-refractivity contribution in [1.82, 2.24) is 4.90 Å². The topological polar surface area (TPSA) is 49.6 Å². The quantitative estimate of drug-likeness (QED) is 0.842. The van der Waals surface area contributed by atoms with Crippen LogP contribution in [0.25, 0.3) is 0 Å². The zero-order valence-corrected chi connectivity index (χ0v) is 14.0. The number of carbonyl (C=O) groups excluding carboxylic acids is 1. The van der Waals surface area contributed by atoms with Crippen LogP contribution in [0.2, 0.25) is 0 Å². The minimum atomic E-state index is -4.42. The van der Waals surface area contributed by atoms with Gasteiger partial charge in [-0.3, -0.25) is 4.79 Å². The van der Waals surface area contributed by atoms with E-state index in [4.69, 9.17) is 5.73 Å². The standard InChI is InChI=1S/C15H17BrF3N3O/c16-10-1-2-12(11(9-10)15(17,18)19)21-5-7-22(8-6-21)13(23)14(20)3-4-14/h1-2,9H,3-8,20H2. The van der Waals surface area contributed by atoms with Crippen molar-refractivity contribution >= 4 is 27.5 Å². The molecule has 0 aromatic heterocycles. The average Bonchev–Trinajstić information content (AvgIpc) is 3.25. The Bertz CT molecular complexity index is 623. The molecule has 1 aromatic carbocycles. The molecule has 0 unspecified atom stereocenters. The molecule has 1 aliphatic carbocycles. The van der Waals surface area contributed by atoms with Crippen LogP contribution in [0, 0.1) is 0 Å². The zero-order chi connectivity index (χ0) is 16.8. The van der Waals surface area contributed by atoms with E-state index in [1.54, 1.807) is 15.9 Å². The molecule has 4 nitrogen and oxygen atoms in total. The van der Waals surface area contributed by atoms with Gasteiger partial charge in [-0.15, -0.1) is 0 Å². The number of piperazine rings is 1. The predicted octanol–water partition coefficient (Wildman–Crippen LogP) is 2.61. The maximum absolute atomic E-state index is 13.2. The van der Waals surface area contributed by atoms with E-state index in [0.29, 0.717) is 43.5 Å². The average molecular weight is 392 g/mol. The normalized spacial score (nSPS) is 20.6. The van der Waals surface area contributed by atoms with Crippen LogP contribution in [-0.4, -0.2) is 42.5 Å². The third-order valence-electron chi connectivity index (χ3n) is 4.39. The lowest BCUT2D eigenvalue weighted by Gasteiger charge is -2.38. The van der Waals surface area contributed by atoms with Crippen molar-refractivity contribution in [2.24, 2.45) is 5.73 Å². The van der Waals surface area contributed by atoms with Crippen molar-refractivity contribution in [1.29, 1.82) is 0 Å². The first kappa shape index (κ1) is 16.6. The summed E-state index contributed by atoms with van der Waals surface area (Å²) in [6, 6.07) is 4.16. The zero-order valence-electron chi connectivity index (χ0n) is 12.4. The highest BCUT2D eigenvalue weighted by atomic mass is 79.9. The number of nitrogens with zero attached hydrogens (tertiary/aromatic N) is 2. The summed E-state index contributed by atoms with van der Waals surface area (Å²) in [5.74, 6) is -0.0796. The second-order valence-corrected chi connectivity index (χ2v) is 7.01. The first-order valence-corrected chi connectivity index (χ1v) is 8.20. The van der Waals surface area contributed by atoms with Gasteiger partial charge < -0.3 is 15.5 Å². The third kappa shape index (κ3) is 3.33. The maximum Gasteiger partial charge on any atom is 0.418 e. The van der Waals surface area contributed by atoms with E-state index in [9.17, 15) is 18.0 Å². The molecule has 2 N–H and O–H groups in total. The van der Waals surface area contributed by atoms with Crippen LogP contribution in [0.4, 0.5) is 18.9 Å². The molecule has 126 valence electrons. The molecule has 3 rings (SSSR count). The summed E-state index contributed by atoms with van der Waals surface area (Å²) >= 11 is 3.08. The summed E-state index contributed by atoms with van der Waals surface area (Å²) < 4.78 is 40.1. The number of carbonyl (C=O) groups is 1. The van der Waals surface area contributed by atoms with Crippen LogP contribution < -0.4 is 10.6 Å². The van der Waals surface area contributed by atoms with Crippen LogP contribution in [0.5, 0.6) is 0 Å². The lowest BCUT2D eigenvalue weighted by atomic mass is 10.1. The van der Waals surface area contributed by atoms with Crippen LogP contribution in [0.3, 0.4) is 0 Å². The fourth-order valence-electron chi connectivity index (χ4n) is 2.82. The van der Waals surface area contributed by atoms with Gasteiger partial charge in [0, 0.05) is 36.3 Å². The van der Waals surface area contributed by atoms with Crippen molar-refractivity contribution in [3.8, 4) is 0 Å². The van der Waals surface area contributed by atoms with Gasteiger partial charge in [-0.1, -0.05) is 15.9 Å². The van der Waals surface area contributed by atoms with Gasteiger partial charge in [-0.05, 0) is 31.0 Å². The smallest absolute Gasteiger partial charge is 0.367 e. The second-order valence-electron chi connectivity index (χ2n) is 6.09. The summed E-state index contributed by atoms with van der Waals surface area (Å²) in [4.78, 5) is 15.5. The molecule has 1 heterocycles. The highest BCUT2D eigenvalue weighted by Gasteiger charge is 2.48. The SMILES string of the molecule is NC1(C(=O)N2CCN(c3ccc(Br)cc3C(F)(F)F)CC2)CC1. The maximum atomic E-state index is 13.2. The Morgan fingerprint density at radius 1 is 1.17 bits per heavy atom. The summed E-state index contributed by atoms with van der Waals surface area (Å²) in [6.45, 7) is 1.52. The lowest BCUT2D eigenvalue weighted by Crippen LogP contribution is -2.54. The predicted molar refractivity (Wildman–Crippen MR) is 84.1 cm³/mol. The summed E-state index contributed by atoms with van der Waals surface area (Å²) in [5, 5.41) is 0. The van der Waals surface area contributed by atoms with Gasteiger partial charge in [0.05, 0.1) is 11.1 Å². The Kier molecular flexibility index (Phi) is 4.08. The van der Waals surface area contributed by atoms with Crippen molar-refractivity contribution in [2.45, 2.75) is 24.6 Å². The minimum Gasteiger partial charge on any atom is -0.367 e. The highest BCUT2D eigenvalue weighted by Crippen LogP contribution is 2.39. The van der Waals surface area contributed by atoms with Gasteiger partial charge >= 0.3 is 6.18 Å². The number of benzene rings is 1. The number of amides is 1. The molecule has 1 saturated carbocycles. The highest BCUT2D eigenvalue weighted by molar-refractivity contribution is 9.10. The number of halogens is 4. The van der Waals surface area contributed by atoms with E-state index in [1.807, 2.05) is 0 Å². The van der Waals surface area contributed by atoms with E-state index in [0.717, 1.165) is 6.07 Å². The molecule has 1 amide bonds. The van der Waals surface area contributed by atoms with Crippen LogP contribution in [-0.2, 0) is 11.0 Å². The van der Waals surface area contributed by atoms with E-state index >= 15 is 0 Å². The van der Waals surface area contributed by atoms with E-state index < -0.39 is 17.3 Å². The third-order valence-corrected chi connectivity index (χ3v) is 4.88. The molecule has 0 atom stereocenters. The molecule has 0 spiro atoms. The largest absolute Gasteiger partial charge is 0.418 e. The molecular formula is C15H17BrF3N3O.